The van der Waals surface area contributed by atoms with Gasteiger partial charge in [-0.15, -0.1) is 0 Å². The number of amides is 2. The molecule has 0 aromatic heterocycles. The van der Waals surface area contributed by atoms with E-state index < -0.39 is 0 Å². The van der Waals surface area contributed by atoms with E-state index in [1.165, 1.54) is 0 Å². The zero-order valence-corrected chi connectivity index (χ0v) is 10.5. The molecule has 3 heteroatoms. The number of carbonyl (C=O) groups is 1. The Morgan fingerprint density at radius 3 is 2.53 bits per heavy atom. The van der Waals surface area contributed by atoms with Crippen molar-refractivity contribution in [3.8, 4) is 0 Å². The molecule has 0 spiro atoms. The number of hydrogen-bond acceptors (Lipinski definition) is 1. The monoisotopic (exact) mass is 232 g/mol. The Morgan fingerprint density at radius 1 is 1.35 bits per heavy atom. The molecule has 3 nitrogen and oxygen atoms in total. The molecule has 0 saturated heterocycles. The van der Waals surface area contributed by atoms with Gasteiger partial charge in [0.15, 0.2) is 0 Å². The zero-order chi connectivity index (χ0) is 12.3. The van der Waals surface area contributed by atoms with Crippen LogP contribution in [0.25, 0.3) is 0 Å². The fraction of sp³-hybridized carbons (Fsp3) is 0.500. The Balaban J connectivity index is 1.88. The smallest absolute Gasteiger partial charge is 0.318 e. The lowest BCUT2D eigenvalue weighted by molar-refractivity contribution is 0.179. The largest absolute Gasteiger partial charge is 0.334 e. The van der Waals surface area contributed by atoms with E-state index in [4.69, 9.17) is 0 Å². The molecule has 0 unspecified atom stereocenters. The third kappa shape index (κ3) is 3.22. The van der Waals surface area contributed by atoms with Crippen LogP contribution in [0.15, 0.2) is 30.3 Å². The van der Waals surface area contributed by atoms with Crippen molar-refractivity contribution in [2.45, 2.75) is 45.3 Å². The molecule has 0 bridgehead atoms. The van der Waals surface area contributed by atoms with Gasteiger partial charge in [-0.05, 0) is 32.3 Å². The van der Waals surface area contributed by atoms with Crippen molar-refractivity contribution in [1.29, 1.82) is 0 Å². The SMILES string of the molecule is CC(C)N(C(=O)NCc1ccccc1)C1CC1. The van der Waals surface area contributed by atoms with Gasteiger partial charge in [0.05, 0.1) is 0 Å². The van der Waals surface area contributed by atoms with Crippen LogP contribution in [0.5, 0.6) is 0 Å². The highest BCUT2D eigenvalue weighted by Gasteiger charge is 2.33. The number of nitrogens with zero attached hydrogens (tertiary/aromatic N) is 1. The first-order valence-electron chi connectivity index (χ1n) is 6.28. The highest BCUT2D eigenvalue weighted by atomic mass is 16.2. The Labute approximate surface area is 103 Å². The molecule has 1 aliphatic rings. The fourth-order valence-corrected chi connectivity index (χ4v) is 2.04. The number of hydrogen-bond donors (Lipinski definition) is 1. The van der Waals surface area contributed by atoms with Gasteiger partial charge in [0, 0.05) is 18.6 Å². The van der Waals surface area contributed by atoms with Crippen LogP contribution in [0.4, 0.5) is 4.79 Å². The van der Waals surface area contributed by atoms with Gasteiger partial charge in [0.2, 0.25) is 0 Å². The minimum Gasteiger partial charge on any atom is -0.334 e. The van der Waals surface area contributed by atoms with Crippen molar-refractivity contribution >= 4 is 6.03 Å². The lowest BCUT2D eigenvalue weighted by Gasteiger charge is -2.26. The second-order valence-electron chi connectivity index (χ2n) is 4.88. The molecular formula is C14H20N2O. The number of nitrogens with one attached hydrogen (secondary N) is 1. The molecule has 1 aliphatic carbocycles. The van der Waals surface area contributed by atoms with Crippen molar-refractivity contribution < 1.29 is 4.79 Å². The maximum absolute atomic E-state index is 12.1. The Morgan fingerprint density at radius 2 is 2.00 bits per heavy atom. The Kier molecular flexibility index (Phi) is 3.67. The van der Waals surface area contributed by atoms with Crippen LogP contribution in [0, 0.1) is 0 Å². The second kappa shape index (κ2) is 5.21. The fourth-order valence-electron chi connectivity index (χ4n) is 2.04. The summed E-state index contributed by atoms with van der Waals surface area (Å²) in [6, 6.07) is 10.8. The third-order valence-electron chi connectivity index (χ3n) is 3.02. The highest BCUT2D eigenvalue weighted by Crippen LogP contribution is 2.28. The summed E-state index contributed by atoms with van der Waals surface area (Å²) < 4.78 is 0. The van der Waals surface area contributed by atoms with E-state index in [0.717, 1.165) is 18.4 Å². The number of urea groups is 1. The van der Waals surface area contributed by atoms with E-state index in [1.807, 2.05) is 35.2 Å². The first-order valence-corrected chi connectivity index (χ1v) is 6.28. The molecule has 1 N–H and O–H groups in total. The van der Waals surface area contributed by atoms with Crippen LogP contribution in [0.3, 0.4) is 0 Å². The van der Waals surface area contributed by atoms with Gasteiger partial charge >= 0.3 is 6.03 Å². The summed E-state index contributed by atoms with van der Waals surface area (Å²) in [5, 5.41) is 2.99. The zero-order valence-electron chi connectivity index (χ0n) is 10.5. The van der Waals surface area contributed by atoms with Crippen LogP contribution in [-0.2, 0) is 6.54 Å². The van der Waals surface area contributed by atoms with Crippen molar-refractivity contribution in [2.24, 2.45) is 0 Å². The summed E-state index contributed by atoms with van der Waals surface area (Å²) in [5.41, 5.74) is 1.14. The normalized spacial score (nSPS) is 14.8. The van der Waals surface area contributed by atoms with Gasteiger partial charge < -0.3 is 10.2 Å². The van der Waals surface area contributed by atoms with Crippen LogP contribution in [0.2, 0.25) is 0 Å². The lowest BCUT2D eigenvalue weighted by atomic mass is 10.2. The molecule has 0 atom stereocenters. The molecule has 2 amide bonds. The van der Waals surface area contributed by atoms with Gasteiger partial charge in [-0.25, -0.2) is 4.79 Å². The van der Waals surface area contributed by atoms with Crippen molar-refractivity contribution in [2.75, 3.05) is 0 Å². The average molecular weight is 232 g/mol. The van der Waals surface area contributed by atoms with Crippen molar-refractivity contribution in [3.05, 3.63) is 35.9 Å². The predicted octanol–water partition coefficient (Wildman–Crippen LogP) is 2.77. The summed E-state index contributed by atoms with van der Waals surface area (Å²) in [6.45, 7) is 4.75. The summed E-state index contributed by atoms with van der Waals surface area (Å²) in [7, 11) is 0. The van der Waals surface area contributed by atoms with Gasteiger partial charge in [-0.3, -0.25) is 0 Å². The molecule has 1 aromatic carbocycles. The maximum atomic E-state index is 12.1. The average Bonchev–Trinajstić information content (AvgIpc) is 3.12. The molecule has 0 aliphatic heterocycles. The van der Waals surface area contributed by atoms with E-state index in [1.54, 1.807) is 0 Å². The predicted molar refractivity (Wildman–Crippen MR) is 68.7 cm³/mol. The molecule has 1 fully saturated rings. The molecular weight excluding hydrogens is 212 g/mol. The van der Waals surface area contributed by atoms with Crippen LogP contribution in [0.1, 0.15) is 32.3 Å². The second-order valence-corrected chi connectivity index (χ2v) is 4.88. The van der Waals surface area contributed by atoms with Gasteiger partial charge in [0.25, 0.3) is 0 Å². The molecule has 17 heavy (non-hydrogen) atoms. The summed E-state index contributed by atoms with van der Waals surface area (Å²) >= 11 is 0. The first kappa shape index (κ1) is 12.0. The van der Waals surface area contributed by atoms with Gasteiger partial charge in [-0.1, -0.05) is 30.3 Å². The lowest BCUT2D eigenvalue weighted by Crippen LogP contribution is -2.45. The van der Waals surface area contributed by atoms with Crippen LogP contribution >= 0.6 is 0 Å². The number of rotatable bonds is 4. The molecule has 0 radical (unpaired) electrons. The number of benzene rings is 1. The molecule has 92 valence electrons. The minimum atomic E-state index is 0.0614. The third-order valence-corrected chi connectivity index (χ3v) is 3.02. The summed E-state index contributed by atoms with van der Waals surface area (Å²) in [4.78, 5) is 14.0. The standard InChI is InChI=1S/C14H20N2O/c1-11(2)16(13-8-9-13)14(17)15-10-12-6-4-3-5-7-12/h3-7,11,13H,8-10H2,1-2H3,(H,15,17). The topological polar surface area (TPSA) is 32.3 Å². The quantitative estimate of drug-likeness (QED) is 0.850. The van der Waals surface area contributed by atoms with Crippen LogP contribution < -0.4 is 5.32 Å². The van der Waals surface area contributed by atoms with E-state index in [2.05, 4.69) is 19.2 Å². The minimum absolute atomic E-state index is 0.0614. The first-order chi connectivity index (χ1) is 8.18. The molecule has 1 aromatic rings. The van der Waals surface area contributed by atoms with Crippen LogP contribution in [-0.4, -0.2) is 23.0 Å². The molecule has 1 saturated carbocycles. The Bertz CT molecular complexity index is 369. The van der Waals surface area contributed by atoms with E-state index in [0.29, 0.717) is 12.6 Å². The number of carbonyl (C=O) groups excluding carboxylic acids is 1. The van der Waals surface area contributed by atoms with Crippen molar-refractivity contribution in [3.63, 3.8) is 0 Å². The Hall–Kier alpha value is -1.51. The van der Waals surface area contributed by atoms with Gasteiger partial charge in [-0.2, -0.15) is 0 Å². The van der Waals surface area contributed by atoms with Gasteiger partial charge in [0.1, 0.15) is 0 Å². The van der Waals surface area contributed by atoms with E-state index in [9.17, 15) is 4.79 Å². The maximum Gasteiger partial charge on any atom is 0.318 e. The summed E-state index contributed by atoms with van der Waals surface area (Å²) in [6.07, 6.45) is 2.30. The summed E-state index contributed by atoms with van der Waals surface area (Å²) in [5.74, 6) is 0. The highest BCUT2D eigenvalue weighted by molar-refractivity contribution is 5.75. The van der Waals surface area contributed by atoms with E-state index >= 15 is 0 Å². The molecule has 0 heterocycles. The van der Waals surface area contributed by atoms with E-state index in [-0.39, 0.29) is 12.1 Å². The van der Waals surface area contributed by atoms with Crippen molar-refractivity contribution in [1.82, 2.24) is 10.2 Å². The molecule has 2 rings (SSSR count).